The van der Waals surface area contributed by atoms with Crippen LogP contribution >= 0.6 is 0 Å². The zero-order chi connectivity index (χ0) is 24.6. The molecular formula is C25H22FNO7S. The highest BCUT2D eigenvalue weighted by Crippen LogP contribution is 2.39. The Kier molecular flexibility index (Phi) is 5.98. The van der Waals surface area contributed by atoms with Gasteiger partial charge in [0.05, 0.1) is 10.6 Å². The van der Waals surface area contributed by atoms with Crippen molar-refractivity contribution in [3.8, 4) is 17.2 Å². The standard InChI is InChI=1S/C25H22FNO7S/c26-21-12-19(6-4-16(21)5-9-24(28)29)32-14-18-3-1-2-17-10-11-27(25(17)18)35(30,31)20-7-8-22-23(13-20)34-15-33-22/h1-4,6-8,12-13H,5,9-11,14-15H2,(H,28,29). The zero-order valence-electron chi connectivity index (χ0n) is 18.6. The molecule has 2 heterocycles. The summed E-state index contributed by atoms with van der Waals surface area (Å²) in [7, 11) is -3.87. The molecule has 0 bridgehead atoms. The van der Waals surface area contributed by atoms with Crippen LogP contribution in [0.2, 0.25) is 0 Å². The van der Waals surface area contributed by atoms with E-state index in [0.29, 0.717) is 34.7 Å². The summed E-state index contributed by atoms with van der Waals surface area (Å²) in [6, 6.07) is 14.3. The number of hydrogen-bond acceptors (Lipinski definition) is 6. The maximum Gasteiger partial charge on any atom is 0.303 e. The summed E-state index contributed by atoms with van der Waals surface area (Å²) < 4.78 is 59.2. The SMILES string of the molecule is O=C(O)CCc1ccc(OCc2cccc3c2N(S(=O)(=O)c2ccc4c(c2)OCO4)CC3)cc1F. The second-order valence-electron chi connectivity index (χ2n) is 8.20. The molecule has 2 aliphatic heterocycles. The van der Waals surface area contributed by atoms with Crippen LogP contribution in [0, 0.1) is 5.82 Å². The molecule has 3 aromatic rings. The van der Waals surface area contributed by atoms with Crippen LogP contribution in [0.1, 0.15) is 23.1 Å². The molecule has 0 saturated carbocycles. The van der Waals surface area contributed by atoms with Gasteiger partial charge in [0.15, 0.2) is 11.5 Å². The highest BCUT2D eigenvalue weighted by Gasteiger charge is 2.34. The molecule has 10 heteroatoms. The number of carbonyl (C=O) groups is 1. The summed E-state index contributed by atoms with van der Waals surface area (Å²) >= 11 is 0. The minimum absolute atomic E-state index is 0.0320. The fourth-order valence-electron chi connectivity index (χ4n) is 4.25. The Bertz CT molecular complexity index is 1410. The minimum Gasteiger partial charge on any atom is -0.489 e. The molecule has 182 valence electrons. The van der Waals surface area contributed by atoms with Gasteiger partial charge in [-0.25, -0.2) is 12.8 Å². The molecule has 1 N–H and O–H groups in total. The number of para-hydroxylation sites is 1. The number of carboxylic acids is 1. The van der Waals surface area contributed by atoms with Gasteiger partial charge in [0, 0.05) is 30.7 Å². The van der Waals surface area contributed by atoms with Gasteiger partial charge >= 0.3 is 5.97 Å². The lowest BCUT2D eigenvalue weighted by Gasteiger charge is -2.22. The highest BCUT2D eigenvalue weighted by molar-refractivity contribution is 7.92. The third kappa shape index (κ3) is 4.49. The predicted octanol–water partition coefficient (Wildman–Crippen LogP) is 3.90. The summed E-state index contributed by atoms with van der Waals surface area (Å²) in [5, 5.41) is 8.79. The summed E-state index contributed by atoms with van der Waals surface area (Å²) in [6.07, 6.45) is 0.473. The number of sulfonamides is 1. The van der Waals surface area contributed by atoms with Gasteiger partial charge in [-0.05, 0) is 42.2 Å². The molecule has 8 nitrogen and oxygen atoms in total. The molecule has 3 aromatic carbocycles. The number of nitrogens with zero attached hydrogens (tertiary/aromatic N) is 1. The largest absolute Gasteiger partial charge is 0.489 e. The second-order valence-corrected chi connectivity index (χ2v) is 10.1. The fourth-order valence-corrected chi connectivity index (χ4v) is 5.80. The number of aliphatic carboxylic acids is 1. The number of halogens is 1. The fraction of sp³-hybridized carbons (Fsp3) is 0.240. The summed E-state index contributed by atoms with van der Waals surface area (Å²) in [5.41, 5.74) is 2.38. The van der Waals surface area contributed by atoms with Gasteiger partial charge < -0.3 is 19.3 Å². The molecular weight excluding hydrogens is 477 g/mol. The van der Waals surface area contributed by atoms with Crippen molar-refractivity contribution in [2.24, 2.45) is 0 Å². The van der Waals surface area contributed by atoms with E-state index in [4.69, 9.17) is 19.3 Å². The molecule has 35 heavy (non-hydrogen) atoms. The van der Waals surface area contributed by atoms with E-state index >= 15 is 0 Å². The van der Waals surface area contributed by atoms with E-state index in [1.165, 1.54) is 28.6 Å². The molecule has 0 radical (unpaired) electrons. The van der Waals surface area contributed by atoms with E-state index in [1.807, 2.05) is 12.1 Å². The maximum absolute atomic E-state index is 14.4. The van der Waals surface area contributed by atoms with Crippen molar-refractivity contribution in [3.63, 3.8) is 0 Å². The van der Waals surface area contributed by atoms with Crippen LogP contribution in [-0.2, 0) is 34.3 Å². The maximum atomic E-state index is 14.4. The number of aryl methyl sites for hydroxylation is 1. The van der Waals surface area contributed by atoms with E-state index in [-0.39, 0.29) is 43.4 Å². The van der Waals surface area contributed by atoms with Gasteiger partial charge in [0.2, 0.25) is 6.79 Å². The monoisotopic (exact) mass is 499 g/mol. The van der Waals surface area contributed by atoms with Crippen molar-refractivity contribution < 1.29 is 36.9 Å². The van der Waals surface area contributed by atoms with Crippen LogP contribution in [-0.4, -0.2) is 32.8 Å². The first-order chi connectivity index (χ1) is 16.8. The van der Waals surface area contributed by atoms with E-state index in [9.17, 15) is 17.6 Å². The Morgan fingerprint density at radius 3 is 2.69 bits per heavy atom. The normalized spacial score (nSPS) is 14.1. The van der Waals surface area contributed by atoms with Crippen molar-refractivity contribution in [3.05, 3.63) is 77.1 Å². The van der Waals surface area contributed by atoms with Crippen LogP contribution in [0.4, 0.5) is 10.1 Å². The predicted molar refractivity (Wildman–Crippen MR) is 124 cm³/mol. The van der Waals surface area contributed by atoms with Gasteiger partial charge in [-0.1, -0.05) is 24.3 Å². The van der Waals surface area contributed by atoms with Crippen molar-refractivity contribution in [2.45, 2.75) is 30.8 Å². The smallest absolute Gasteiger partial charge is 0.303 e. The third-order valence-corrected chi connectivity index (χ3v) is 7.79. The number of carboxylic acid groups (broad SMARTS) is 1. The lowest BCUT2D eigenvalue weighted by molar-refractivity contribution is -0.136. The van der Waals surface area contributed by atoms with Gasteiger partial charge in [-0.3, -0.25) is 9.10 Å². The zero-order valence-corrected chi connectivity index (χ0v) is 19.4. The topological polar surface area (TPSA) is 102 Å². The number of fused-ring (bicyclic) bond motifs is 2. The van der Waals surface area contributed by atoms with Crippen LogP contribution in [0.3, 0.4) is 0 Å². The van der Waals surface area contributed by atoms with Crippen LogP contribution < -0.4 is 18.5 Å². The highest BCUT2D eigenvalue weighted by atomic mass is 32.2. The van der Waals surface area contributed by atoms with Crippen molar-refractivity contribution in [1.82, 2.24) is 0 Å². The summed E-state index contributed by atoms with van der Waals surface area (Å²) in [4.78, 5) is 10.8. The Hall–Kier alpha value is -3.79. The van der Waals surface area contributed by atoms with E-state index < -0.39 is 21.8 Å². The first-order valence-electron chi connectivity index (χ1n) is 11.0. The van der Waals surface area contributed by atoms with E-state index in [0.717, 1.165) is 5.56 Å². The van der Waals surface area contributed by atoms with Gasteiger partial charge in [0.1, 0.15) is 18.2 Å². The number of rotatable bonds is 8. The first-order valence-corrected chi connectivity index (χ1v) is 12.4. The molecule has 0 unspecified atom stereocenters. The van der Waals surface area contributed by atoms with Crippen LogP contribution in [0.5, 0.6) is 17.2 Å². The van der Waals surface area contributed by atoms with Crippen molar-refractivity contribution in [2.75, 3.05) is 17.6 Å². The Morgan fingerprint density at radius 2 is 1.89 bits per heavy atom. The van der Waals surface area contributed by atoms with Gasteiger partial charge in [0.25, 0.3) is 10.0 Å². The quantitative estimate of drug-likeness (QED) is 0.502. The molecule has 0 fully saturated rings. The Labute approximate surface area is 201 Å². The summed E-state index contributed by atoms with van der Waals surface area (Å²) in [5.74, 6) is -0.392. The second kappa shape index (κ2) is 9.10. The van der Waals surface area contributed by atoms with Crippen LogP contribution in [0.15, 0.2) is 59.5 Å². The molecule has 0 aliphatic carbocycles. The van der Waals surface area contributed by atoms with Gasteiger partial charge in [-0.15, -0.1) is 0 Å². The van der Waals surface area contributed by atoms with E-state index in [1.54, 1.807) is 18.2 Å². The molecule has 2 aliphatic rings. The number of hydrogen-bond donors (Lipinski definition) is 1. The Morgan fingerprint density at radius 1 is 1.06 bits per heavy atom. The first kappa shape index (κ1) is 23.0. The lowest BCUT2D eigenvalue weighted by Crippen LogP contribution is -2.30. The number of anilines is 1. The molecule has 0 aromatic heterocycles. The third-order valence-electron chi connectivity index (χ3n) is 6.00. The molecule has 0 spiro atoms. The van der Waals surface area contributed by atoms with Crippen molar-refractivity contribution >= 4 is 21.7 Å². The Balaban J connectivity index is 1.38. The number of benzene rings is 3. The van der Waals surface area contributed by atoms with Crippen LogP contribution in [0.25, 0.3) is 0 Å². The van der Waals surface area contributed by atoms with Gasteiger partial charge in [-0.2, -0.15) is 0 Å². The molecule has 0 amide bonds. The molecule has 5 rings (SSSR count). The molecule has 0 atom stereocenters. The minimum atomic E-state index is -3.87. The summed E-state index contributed by atoms with van der Waals surface area (Å²) in [6.45, 7) is 0.369. The molecule has 0 saturated heterocycles. The lowest BCUT2D eigenvalue weighted by atomic mass is 10.1. The average molecular weight is 500 g/mol. The van der Waals surface area contributed by atoms with Crippen molar-refractivity contribution in [1.29, 1.82) is 0 Å². The average Bonchev–Trinajstić information content (AvgIpc) is 3.49. The van der Waals surface area contributed by atoms with E-state index in [2.05, 4.69) is 0 Å². The number of ether oxygens (including phenoxy) is 3.